The van der Waals surface area contributed by atoms with Gasteiger partial charge < -0.3 is 24.3 Å². The Kier molecular flexibility index (Phi) is 5.39. The van der Waals surface area contributed by atoms with Crippen molar-refractivity contribution in [2.24, 2.45) is 5.92 Å². The van der Waals surface area contributed by atoms with Crippen molar-refractivity contribution < 1.29 is 23.7 Å². The summed E-state index contributed by atoms with van der Waals surface area (Å²) in [5, 5.41) is 3.49. The minimum atomic E-state index is -0.282. The van der Waals surface area contributed by atoms with Gasteiger partial charge in [0.25, 0.3) is 0 Å². The molecule has 3 atom stereocenters. The third kappa shape index (κ3) is 3.52. The molecular formula is C22H25NO5. The first-order chi connectivity index (χ1) is 13.7. The number of piperidine rings is 1. The molecule has 4 rings (SSSR count). The molecular weight excluding hydrogens is 358 g/mol. The summed E-state index contributed by atoms with van der Waals surface area (Å²) in [6, 6.07) is 13.8. The zero-order valence-electron chi connectivity index (χ0n) is 16.1. The van der Waals surface area contributed by atoms with Gasteiger partial charge in [-0.25, -0.2) is 0 Å². The summed E-state index contributed by atoms with van der Waals surface area (Å²) in [7, 11) is 1.65. The van der Waals surface area contributed by atoms with Gasteiger partial charge >= 0.3 is 5.97 Å². The quantitative estimate of drug-likeness (QED) is 0.801. The topological polar surface area (TPSA) is 66.0 Å². The molecule has 148 valence electrons. The summed E-state index contributed by atoms with van der Waals surface area (Å²) in [6.07, 6.45) is 0. The standard InChI is InChI=1S/C22H25NO5/c1-3-26-22(24)21-17(14-4-7-16(25-2)8-5-14)11-23-12-18(21)15-6-9-19-20(10-15)28-13-27-19/h4-10,17-18,21,23H,3,11-13H2,1-2H3. The van der Waals surface area contributed by atoms with Gasteiger partial charge in [-0.15, -0.1) is 0 Å². The van der Waals surface area contributed by atoms with E-state index >= 15 is 0 Å². The maximum absolute atomic E-state index is 13.0. The van der Waals surface area contributed by atoms with Crippen molar-refractivity contribution in [1.29, 1.82) is 0 Å². The lowest BCUT2D eigenvalue weighted by molar-refractivity contribution is -0.150. The van der Waals surface area contributed by atoms with E-state index in [0.717, 1.165) is 34.9 Å². The molecule has 6 nitrogen and oxygen atoms in total. The predicted octanol–water partition coefficient (Wildman–Crippen LogP) is 3.07. The molecule has 0 bridgehead atoms. The molecule has 0 spiro atoms. The van der Waals surface area contributed by atoms with Gasteiger partial charge in [-0.2, -0.15) is 0 Å². The molecule has 0 aromatic heterocycles. The fraction of sp³-hybridized carbons (Fsp3) is 0.409. The molecule has 2 aliphatic heterocycles. The molecule has 0 radical (unpaired) electrons. The zero-order chi connectivity index (χ0) is 19.5. The number of ether oxygens (including phenoxy) is 4. The first-order valence-corrected chi connectivity index (χ1v) is 9.62. The number of carbonyl (C=O) groups is 1. The Hall–Kier alpha value is -2.73. The second-order valence-electron chi connectivity index (χ2n) is 7.03. The van der Waals surface area contributed by atoms with Crippen LogP contribution in [0.4, 0.5) is 0 Å². The van der Waals surface area contributed by atoms with Crippen LogP contribution >= 0.6 is 0 Å². The van der Waals surface area contributed by atoms with Crippen LogP contribution < -0.4 is 19.5 Å². The van der Waals surface area contributed by atoms with Crippen molar-refractivity contribution in [1.82, 2.24) is 5.32 Å². The second kappa shape index (κ2) is 8.10. The molecule has 1 saturated heterocycles. The van der Waals surface area contributed by atoms with E-state index in [9.17, 15) is 4.79 Å². The highest BCUT2D eigenvalue weighted by atomic mass is 16.7. The highest BCUT2D eigenvalue weighted by Crippen LogP contribution is 2.42. The van der Waals surface area contributed by atoms with Gasteiger partial charge in [0.15, 0.2) is 11.5 Å². The Morgan fingerprint density at radius 3 is 2.43 bits per heavy atom. The Balaban J connectivity index is 1.69. The molecule has 28 heavy (non-hydrogen) atoms. The van der Waals surface area contributed by atoms with Crippen LogP contribution in [0.3, 0.4) is 0 Å². The van der Waals surface area contributed by atoms with E-state index in [1.54, 1.807) is 7.11 Å². The highest BCUT2D eigenvalue weighted by molar-refractivity contribution is 5.75. The number of hydrogen-bond acceptors (Lipinski definition) is 6. The van der Waals surface area contributed by atoms with Gasteiger partial charge in [0.05, 0.1) is 19.6 Å². The molecule has 2 aromatic carbocycles. The van der Waals surface area contributed by atoms with E-state index in [0.29, 0.717) is 13.2 Å². The van der Waals surface area contributed by atoms with Crippen molar-refractivity contribution in [3.05, 3.63) is 53.6 Å². The Morgan fingerprint density at radius 2 is 1.71 bits per heavy atom. The van der Waals surface area contributed by atoms with E-state index in [1.165, 1.54) is 0 Å². The van der Waals surface area contributed by atoms with E-state index in [-0.39, 0.29) is 30.5 Å². The average Bonchev–Trinajstić information content (AvgIpc) is 3.21. The molecule has 2 aliphatic rings. The summed E-state index contributed by atoms with van der Waals surface area (Å²) >= 11 is 0. The third-order valence-corrected chi connectivity index (χ3v) is 5.52. The number of carbonyl (C=O) groups excluding carboxylic acids is 1. The second-order valence-corrected chi connectivity index (χ2v) is 7.03. The van der Waals surface area contributed by atoms with E-state index in [1.807, 2.05) is 49.4 Å². The van der Waals surface area contributed by atoms with Gasteiger partial charge in [-0.05, 0) is 42.3 Å². The number of nitrogens with one attached hydrogen (secondary N) is 1. The first kappa shape index (κ1) is 18.6. The molecule has 0 saturated carbocycles. The molecule has 3 unspecified atom stereocenters. The number of fused-ring (bicyclic) bond motifs is 1. The molecule has 2 heterocycles. The molecule has 2 aromatic rings. The Bertz CT molecular complexity index is 835. The summed E-state index contributed by atoms with van der Waals surface area (Å²) in [4.78, 5) is 13.0. The van der Waals surface area contributed by atoms with Crippen molar-refractivity contribution in [3.63, 3.8) is 0 Å². The van der Waals surface area contributed by atoms with Crippen LogP contribution in [0.15, 0.2) is 42.5 Å². The minimum Gasteiger partial charge on any atom is -0.497 e. The number of benzene rings is 2. The summed E-state index contributed by atoms with van der Waals surface area (Å²) < 4.78 is 21.7. The number of hydrogen-bond donors (Lipinski definition) is 1. The third-order valence-electron chi connectivity index (χ3n) is 5.52. The van der Waals surface area contributed by atoms with Gasteiger partial charge in [0.2, 0.25) is 6.79 Å². The number of esters is 1. The Labute approximate surface area is 164 Å². The lowest BCUT2D eigenvalue weighted by atomic mass is 9.72. The van der Waals surface area contributed by atoms with E-state index in [4.69, 9.17) is 18.9 Å². The Morgan fingerprint density at radius 1 is 1.04 bits per heavy atom. The highest BCUT2D eigenvalue weighted by Gasteiger charge is 2.41. The lowest BCUT2D eigenvalue weighted by Gasteiger charge is -2.37. The van der Waals surface area contributed by atoms with Crippen LogP contribution in [-0.4, -0.2) is 39.6 Å². The molecule has 6 heteroatoms. The van der Waals surface area contributed by atoms with Crippen molar-refractivity contribution in [2.75, 3.05) is 33.6 Å². The summed E-state index contributed by atoms with van der Waals surface area (Å²) in [6.45, 7) is 3.87. The van der Waals surface area contributed by atoms with Gasteiger partial charge in [0.1, 0.15) is 5.75 Å². The first-order valence-electron chi connectivity index (χ1n) is 9.62. The maximum atomic E-state index is 13.0. The SMILES string of the molecule is CCOC(=O)C1C(c2ccc(OC)cc2)CNCC1c1ccc2c(c1)OCO2. The molecule has 0 amide bonds. The lowest BCUT2D eigenvalue weighted by Crippen LogP contribution is -2.45. The van der Waals surface area contributed by atoms with Gasteiger partial charge in [-0.1, -0.05) is 18.2 Å². The predicted molar refractivity (Wildman–Crippen MR) is 104 cm³/mol. The molecule has 0 aliphatic carbocycles. The van der Waals surface area contributed by atoms with Crippen molar-refractivity contribution in [3.8, 4) is 17.2 Å². The number of rotatable bonds is 5. The maximum Gasteiger partial charge on any atom is 0.310 e. The van der Waals surface area contributed by atoms with Gasteiger partial charge in [-0.3, -0.25) is 4.79 Å². The van der Waals surface area contributed by atoms with Crippen LogP contribution in [0, 0.1) is 5.92 Å². The summed E-state index contributed by atoms with van der Waals surface area (Å²) in [5.41, 5.74) is 2.14. The normalized spacial score (nSPS) is 23.3. The van der Waals surface area contributed by atoms with Crippen LogP contribution in [0.2, 0.25) is 0 Å². The van der Waals surface area contributed by atoms with E-state index in [2.05, 4.69) is 5.32 Å². The van der Waals surface area contributed by atoms with E-state index < -0.39 is 0 Å². The molecule has 1 fully saturated rings. The smallest absolute Gasteiger partial charge is 0.310 e. The zero-order valence-corrected chi connectivity index (χ0v) is 16.1. The average molecular weight is 383 g/mol. The van der Waals surface area contributed by atoms with Gasteiger partial charge in [0, 0.05) is 24.9 Å². The summed E-state index contributed by atoms with van der Waals surface area (Å²) in [5.74, 6) is 1.82. The minimum absolute atomic E-state index is 0.00845. The van der Waals surface area contributed by atoms with Crippen LogP contribution in [-0.2, 0) is 9.53 Å². The van der Waals surface area contributed by atoms with Crippen molar-refractivity contribution in [2.45, 2.75) is 18.8 Å². The largest absolute Gasteiger partial charge is 0.497 e. The monoisotopic (exact) mass is 383 g/mol. The molecule has 1 N–H and O–H groups in total. The van der Waals surface area contributed by atoms with Crippen molar-refractivity contribution >= 4 is 5.97 Å². The van der Waals surface area contributed by atoms with Crippen LogP contribution in [0.5, 0.6) is 17.2 Å². The fourth-order valence-corrected chi connectivity index (χ4v) is 4.14. The van der Waals surface area contributed by atoms with Crippen LogP contribution in [0.1, 0.15) is 29.9 Å². The fourth-order valence-electron chi connectivity index (χ4n) is 4.14. The van der Waals surface area contributed by atoms with Crippen LogP contribution in [0.25, 0.3) is 0 Å². The number of methoxy groups -OCH3 is 1.